The average Bonchev–Trinajstić information content (AvgIpc) is 2.96. The Morgan fingerprint density at radius 3 is 2.71 bits per heavy atom. The Bertz CT molecular complexity index is 1350. The van der Waals surface area contributed by atoms with Gasteiger partial charge in [0.15, 0.2) is 0 Å². The summed E-state index contributed by atoms with van der Waals surface area (Å²) in [6, 6.07) is 14.8. The maximum Gasteiger partial charge on any atom is 0.267 e. The number of nitrogen functional groups attached to an aromatic ring is 1. The second-order valence-corrected chi connectivity index (χ2v) is 7.11. The van der Waals surface area contributed by atoms with Crippen LogP contribution in [0.4, 0.5) is 11.5 Å². The van der Waals surface area contributed by atoms with Crippen LogP contribution in [0.1, 0.15) is 15.9 Å². The molecule has 2 N–H and O–H groups in total. The summed E-state index contributed by atoms with van der Waals surface area (Å²) in [6.07, 6.45) is 2.80. The van der Waals surface area contributed by atoms with Crippen molar-refractivity contribution in [2.45, 2.75) is 6.54 Å². The highest BCUT2D eigenvalue weighted by Crippen LogP contribution is 2.28. The molecule has 0 spiro atoms. The zero-order valence-corrected chi connectivity index (χ0v) is 16.4. The predicted molar refractivity (Wildman–Crippen MR) is 115 cm³/mol. The molecule has 0 saturated carbocycles. The molecule has 0 bridgehead atoms. The van der Waals surface area contributed by atoms with Crippen LogP contribution in [0.2, 0.25) is 0 Å². The molecule has 0 fully saturated rings. The van der Waals surface area contributed by atoms with Crippen LogP contribution < -0.4 is 20.9 Å². The zero-order valence-electron chi connectivity index (χ0n) is 16.4. The van der Waals surface area contributed by atoms with E-state index in [1.54, 1.807) is 22.8 Å². The number of rotatable bonds is 3. The summed E-state index contributed by atoms with van der Waals surface area (Å²) in [4.78, 5) is 40.1. The molecule has 3 heterocycles. The first-order valence-electron chi connectivity index (χ1n) is 9.70. The van der Waals surface area contributed by atoms with E-state index in [0.29, 0.717) is 23.1 Å². The third-order valence-corrected chi connectivity index (χ3v) is 5.17. The minimum atomic E-state index is -0.376. The van der Waals surface area contributed by atoms with Crippen molar-refractivity contribution in [3.8, 4) is 5.88 Å². The number of aromatic nitrogens is 4. The van der Waals surface area contributed by atoms with Crippen LogP contribution in [0.3, 0.4) is 0 Å². The van der Waals surface area contributed by atoms with Crippen LogP contribution in [0.25, 0.3) is 10.9 Å². The third-order valence-electron chi connectivity index (χ3n) is 5.17. The first-order chi connectivity index (χ1) is 15.1. The van der Waals surface area contributed by atoms with E-state index in [1.165, 1.54) is 17.6 Å². The van der Waals surface area contributed by atoms with Crippen molar-refractivity contribution >= 4 is 28.3 Å². The first-order valence-corrected chi connectivity index (χ1v) is 9.70. The van der Waals surface area contributed by atoms with E-state index in [1.807, 2.05) is 30.3 Å². The quantitative estimate of drug-likeness (QED) is 0.544. The van der Waals surface area contributed by atoms with Gasteiger partial charge in [0.1, 0.15) is 24.3 Å². The zero-order chi connectivity index (χ0) is 21.4. The van der Waals surface area contributed by atoms with Crippen molar-refractivity contribution in [3.63, 3.8) is 0 Å². The summed E-state index contributed by atoms with van der Waals surface area (Å²) < 4.78 is 7.13. The maximum atomic E-state index is 13.2. The van der Waals surface area contributed by atoms with E-state index >= 15 is 0 Å². The molecule has 4 aromatic rings. The largest absolute Gasteiger partial charge is 0.475 e. The van der Waals surface area contributed by atoms with E-state index in [4.69, 9.17) is 10.5 Å². The lowest BCUT2D eigenvalue weighted by atomic mass is 10.1. The second kappa shape index (κ2) is 7.52. The number of nitrogens with zero attached hydrogens (tertiary/aromatic N) is 5. The number of hydrogen-bond donors (Lipinski definition) is 1. The van der Waals surface area contributed by atoms with E-state index in [2.05, 4.69) is 15.0 Å². The van der Waals surface area contributed by atoms with Gasteiger partial charge in [0.05, 0.1) is 30.3 Å². The number of carbonyl (C=O) groups excluding carboxylic acids is 1. The molecule has 5 rings (SSSR count). The van der Waals surface area contributed by atoms with Crippen LogP contribution in [0.5, 0.6) is 5.88 Å². The van der Waals surface area contributed by atoms with Gasteiger partial charge in [0.2, 0.25) is 5.88 Å². The number of fused-ring (bicyclic) bond motifs is 2. The Morgan fingerprint density at radius 1 is 1.03 bits per heavy atom. The van der Waals surface area contributed by atoms with E-state index in [0.717, 1.165) is 5.56 Å². The smallest absolute Gasteiger partial charge is 0.267 e. The lowest BCUT2D eigenvalue weighted by molar-refractivity contribution is 0.0990. The van der Waals surface area contributed by atoms with Gasteiger partial charge in [-0.25, -0.2) is 15.0 Å². The number of hydrogen-bond acceptors (Lipinski definition) is 7. The lowest BCUT2D eigenvalue weighted by Crippen LogP contribution is -2.33. The van der Waals surface area contributed by atoms with Gasteiger partial charge >= 0.3 is 0 Å². The number of amides is 1. The Morgan fingerprint density at radius 2 is 1.87 bits per heavy atom. The molecular formula is C22H18N6O3. The Kier molecular flexibility index (Phi) is 4.55. The lowest BCUT2D eigenvalue weighted by Gasteiger charge is -2.20. The second-order valence-electron chi connectivity index (χ2n) is 7.11. The van der Waals surface area contributed by atoms with Gasteiger partial charge in [-0.05, 0) is 23.8 Å². The number of ether oxygens (including phenoxy) is 1. The number of carbonyl (C=O) groups is 1. The molecular weight excluding hydrogens is 396 g/mol. The Balaban J connectivity index is 1.56. The van der Waals surface area contributed by atoms with Gasteiger partial charge in [0, 0.05) is 5.69 Å². The Labute approximate surface area is 176 Å². The molecule has 0 saturated heterocycles. The molecule has 9 nitrogen and oxygen atoms in total. The standard InChI is InChI=1S/C22H18N6O3/c23-19-18-20(25-12-24-19)31-9-8-28(22(18)30)15-6-7-17-16(10-15)21(29)27(13-26-17)11-14-4-2-1-3-5-14/h1-7,10,12-13H,8-9,11H2,(H2,23,24,25). The molecule has 2 aromatic heterocycles. The van der Waals surface area contributed by atoms with Crippen molar-refractivity contribution in [1.29, 1.82) is 0 Å². The number of nitrogens with two attached hydrogens (primary N) is 1. The highest BCUT2D eigenvalue weighted by atomic mass is 16.5. The molecule has 1 aliphatic heterocycles. The fourth-order valence-electron chi connectivity index (χ4n) is 3.62. The average molecular weight is 414 g/mol. The van der Waals surface area contributed by atoms with Crippen molar-refractivity contribution in [2.75, 3.05) is 23.8 Å². The SMILES string of the molecule is Nc1ncnc2c1C(=O)N(c1ccc3ncn(Cc4ccccc4)c(=O)c3c1)CCO2. The summed E-state index contributed by atoms with van der Waals surface area (Å²) in [5, 5.41) is 0.423. The van der Waals surface area contributed by atoms with Crippen molar-refractivity contribution in [1.82, 2.24) is 19.5 Å². The van der Waals surface area contributed by atoms with E-state index < -0.39 is 0 Å². The number of anilines is 2. The van der Waals surface area contributed by atoms with Crippen molar-refractivity contribution in [2.24, 2.45) is 0 Å². The monoisotopic (exact) mass is 414 g/mol. The summed E-state index contributed by atoms with van der Waals surface area (Å²) in [5.41, 5.74) is 7.94. The van der Waals surface area contributed by atoms with Crippen LogP contribution in [0.15, 0.2) is 66.0 Å². The summed E-state index contributed by atoms with van der Waals surface area (Å²) in [5.74, 6) is -0.166. The summed E-state index contributed by atoms with van der Waals surface area (Å²) >= 11 is 0. The van der Waals surface area contributed by atoms with Gasteiger partial charge in [-0.3, -0.25) is 14.2 Å². The highest BCUT2D eigenvalue weighted by Gasteiger charge is 2.29. The third kappa shape index (κ3) is 3.35. The molecule has 0 unspecified atom stereocenters. The van der Waals surface area contributed by atoms with Gasteiger partial charge in [0.25, 0.3) is 11.5 Å². The van der Waals surface area contributed by atoms with Gasteiger partial charge in [-0.1, -0.05) is 30.3 Å². The summed E-state index contributed by atoms with van der Waals surface area (Å²) in [7, 11) is 0. The van der Waals surface area contributed by atoms with E-state index in [-0.39, 0.29) is 41.9 Å². The molecule has 2 aromatic carbocycles. The number of benzene rings is 2. The molecule has 154 valence electrons. The molecule has 1 amide bonds. The van der Waals surface area contributed by atoms with E-state index in [9.17, 15) is 9.59 Å². The Hall–Kier alpha value is -4.27. The summed E-state index contributed by atoms with van der Waals surface area (Å²) in [6.45, 7) is 0.918. The van der Waals surface area contributed by atoms with Crippen LogP contribution in [-0.2, 0) is 6.54 Å². The van der Waals surface area contributed by atoms with Gasteiger partial charge < -0.3 is 15.4 Å². The molecule has 31 heavy (non-hydrogen) atoms. The fraction of sp³-hybridized carbons (Fsp3) is 0.136. The molecule has 0 aliphatic carbocycles. The van der Waals surface area contributed by atoms with Crippen molar-refractivity contribution in [3.05, 3.63) is 82.7 Å². The van der Waals surface area contributed by atoms with Gasteiger partial charge in [-0.15, -0.1) is 0 Å². The molecule has 9 heteroatoms. The van der Waals surface area contributed by atoms with Crippen LogP contribution >= 0.6 is 0 Å². The molecule has 1 aliphatic rings. The van der Waals surface area contributed by atoms with Gasteiger partial charge in [-0.2, -0.15) is 0 Å². The van der Waals surface area contributed by atoms with Crippen molar-refractivity contribution < 1.29 is 9.53 Å². The van der Waals surface area contributed by atoms with Crippen LogP contribution in [-0.4, -0.2) is 38.6 Å². The minimum Gasteiger partial charge on any atom is -0.475 e. The molecule has 0 radical (unpaired) electrons. The molecule has 0 atom stereocenters. The highest BCUT2D eigenvalue weighted by molar-refractivity contribution is 6.11. The fourth-order valence-corrected chi connectivity index (χ4v) is 3.62. The normalized spacial score (nSPS) is 13.5. The topological polar surface area (TPSA) is 116 Å². The maximum absolute atomic E-state index is 13.2. The minimum absolute atomic E-state index is 0.0505. The predicted octanol–water partition coefficient (Wildman–Crippen LogP) is 1.86. The van der Waals surface area contributed by atoms with Crippen LogP contribution in [0, 0.1) is 0 Å². The first kappa shape index (κ1) is 18.7.